The Kier molecular flexibility index (Phi) is 7.43. The van der Waals surface area contributed by atoms with E-state index in [1.807, 2.05) is 42.5 Å². The second kappa shape index (κ2) is 9.57. The number of allylic oxidation sites excluding steroid dienone is 2. The minimum absolute atomic E-state index is 0.0566. The summed E-state index contributed by atoms with van der Waals surface area (Å²) in [4.78, 5) is 10.5. The second-order valence-corrected chi connectivity index (χ2v) is 6.37. The van der Waals surface area contributed by atoms with Crippen LogP contribution < -0.4 is 5.73 Å². The molecule has 132 valence electrons. The van der Waals surface area contributed by atoms with E-state index in [1.54, 1.807) is 0 Å². The molecule has 1 aliphatic rings. The lowest BCUT2D eigenvalue weighted by Gasteiger charge is -2.22. The highest BCUT2D eigenvalue weighted by molar-refractivity contribution is 5.66. The van der Waals surface area contributed by atoms with Gasteiger partial charge < -0.3 is 20.7 Å². The van der Waals surface area contributed by atoms with E-state index in [0.29, 0.717) is 19.4 Å². The first-order valence-corrected chi connectivity index (χ1v) is 8.54. The SMILES string of the molecule is N[C@H]1[C@H](C/C=C\CCCC(=O)O)[C@H](OCc2ccccc2)C[C@@H]1O. The maximum Gasteiger partial charge on any atom is 0.303 e. The van der Waals surface area contributed by atoms with Crippen LogP contribution in [0, 0.1) is 5.92 Å². The first-order chi connectivity index (χ1) is 11.6. The van der Waals surface area contributed by atoms with Crippen molar-refractivity contribution < 1.29 is 19.7 Å². The van der Waals surface area contributed by atoms with Gasteiger partial charge in [-0.2, -0.15) is 0 Å². The second-order valence-electron chi connectivity index (χ2n) is 6.37. The summed E-state index contributed by atoms with van der Waals surface area (Å²) >= 11 is 0. The van der Waals surface area contributed by atoms with Crippen LogP contribution in [0.3, 0.4) is 0 Å². The maximum atomic E-state index is 10.5. The number of hydrogen-bond acceptors (Lipinski definition) is 4. The molecule has 0 radical (unpaired) electrons. The first kappa shape index (κ1) is 18.6. The molecule has 0 bridgehead atoms. The van der Waals surface area contributed by atoms with Crippen molar-refractivity contribution in [3.05, 3.63) is 48.0 Å². The lowest BCUT2D eigenvalue weighted by molar-refractivity contribution is -0.137. The van der Waals surface area contributed by atoms with E-state index in [-0.39, 0.29) is 24.5 Å². The number of carboxylic acids is 1. The van der Waals surface area contributed by atoms with E-state index in [4.69, 9.17) is 15.6 Å². The van der Waals surface area contributed by atoms with Crippen LogP contribution in [0.1, 0.15) is 37.7 Å². The van der Waals surface area contributed by atoms with Crippen molar-refractivity contribution in [3.63, 3.8) is 0 Å². The van der Waals surface area contributed by atoms with E-state index in [9.17, 15) is 9.90 Å². The number of carboxylic acid groups (broad SMARTS) is 1. The maximum absolute atomic E-state index is 10.5. The molecule has 0 spiro atoms. The number of ether oxygens (including phenoxy) is 1. The number of carbonyl (C=O) groups is 1. The van der Waals surface area contributed by atoms with Crippen LogP contribution in [-0.4, -0.2) is 34.4 Å². The van der Waals surface area contributed by atoms with Crippen molar-refractivity contribution in [2.75, 3.05) is 0 Å². The molecule has 1 aliphatic carbocycles. The summed E-state index contributed by atoms with van der Waals surface area (Å²) in [5.74, 6) is -0.682. The van der Waals surface area contributed by atoms with Gasteiger partial charge in [0, 0.05) is 24.8 Å². The van der Waals surface area contributed by atoms with Crippen LogP contribution >= 0.6 is 0 Å². The molecule has 4 N–H and O–H groups in total. The molecule has 0 aliphatic heterocycles. The Labute approximate surface area is 143 Å². The third-order valence-corrected chi connectivity index (χ3v) is 4.53. The molecule has 2 rings (SSSR count). The standard InChI is InChI=1S/C19H27NO4/c20-19-15(10-6-1-2-7-11-18(22)23)17(12-16(19)21)24-13-14-8-4-3-5-9-14/h1,3-6,8-9,15-17,19,21H,2,7,10-13,20H2,(H,22,23)/b6-1-/t15-,16+,17-,19+/m1/s1. The van der Waals surface area contributed by atoms with Crippen LogP contribution in [0.25, 0.3) is 0 Å². The highest BCUT2D eigenvalue weighted by atomic mass is 16.5. The third kappa shape index (κ3) is 5.74. The van der Waals surface area contributed by atoms with E-state index < -0.39 is 12.1 Å². The van der Waals surface area contributed by atoms with Crippen LogP contribution in [-0.2, 0) is 16.1 Å². The molecule has 1 aromatic rings. The van der Waals surface area contributed by atoms with Crippen molar-refractivity contribution in [2.24, 2.45) is 11.7 Å². The number of unbranched alkanes of at least 4 members (excludes halogenated alkanes) is 1. The fourth-order valence-corrected chi connectivity index (χ4v) is 3.12. The number of aliphatic hydroxyl groups is 1. The molecule has 5 heteroatoms. The monoisotopic (exact) mass is 333 g/mol. The Hall–Kier alpha value is -1.69. The van der Waals surface area contributed by atoms with Crippen LogP contribution in [0.15, 0.2) is 42.5 Å². The van der Waals surface area contributed by atoms with Crippen molar-refractivity contribution in [1.29, 1.82) is 0 Å². The quantitative estimate of drug-likeness (QED) is 0.477. The summed E-state index contributed by atoms with van der Waals surface area (Å²) < 4.78 is 6.00. The van der Waals surface area contributed by atoms with E-state index >= 15 is 0 Å². The van der Waals surface area contributed by atoms with Gasteiger partial charge in [0.2, 0.25) is 0 Å². The number of aliphatic carboxylic acids is 1. The number of hydrogen-bond donors (Lipinski definition) is 3. The first-order valence-electron chi connectivity index (χ1n) is 8.54. The zero-order valence-corrected chi connectivity index (χ0v) is 13.9. The zero-order valence-electron chi connectivity index (χ0n) is 13.9. The fourth-order valence-electron chi connectivity index (χ4n) is 3.12. The molecule has 5 nitrogen and oxygen atoms in total. The van der Waals surface area contributed by atoms with Gasteiger partial charge >= 0.3 is 5.97 Å². The van der Waals surface area contributed by atoms with Gasteiger partial charge in [0.15, 0.2) is 0 Å². The fraction of sp³-hybridized carbons (Fsp3) is 0.526. The number of nitrogens with two attached hydrogens (primary N) is 1. The van der Waals surface area contributed by atoms with Gasteiger partial charge in [-0.25, -0.2) is 0 Å². The summed E-state index contributed by atoms with van der Waals surface area (Å²) in [7, 11) is 0. The Morgan fingerprint density at radius 1 is 1.29 bits per heavy atom. The molecule has 1 saturated carbocycles. The van der Waals surface area contributed by atoms with Gasteiger partial charge in [0.25, 0.3) is 0 Å². The van der Waals surface area contributed by atoms with Gasteiger partial charge in [-0.1, -0.05) is 42.5 Å². The molecule has 1 fully saturated rings. The average Bonchev–Trinajstić information content (AvgIpc) is 2.84. The van der Waals surface area contributed by atoms with E-state index in [1.165, 1.54) is 0 Å². The molecule has 1 aromatic carbocycles. The van der Waals surface area contributed by atoms with E-state index in [2.05, 4.69) is 0 Å². The Morgan fingerprint density at radius 2 is 2.04 bits per heavy atom. The molecule has 0 aromatic heterocycles. The normalized spacial score (nSPS) is 26.9. The minimum Gasteiger partial charge on any atom is -0.481 e. The van der Waals surface area contributed by atoms with Crippen molar-refractivity contribution in [3.8, 4) is 0 Å². The summed E-state index contributed by atoms with van der Waals surface area (Å²) in [6, 6.07) is 9.67. The molecular weight excluding hydrogens is 306 g/mol. The largest absolute Gasteiger partial charge is 0.481 e. The molecule has 0 amide bonds. The van der Waals surface area contributed by atoms with Crippen molar-refractivity contribution in [1.82, 2.24) is 0 Å². The molecular formula is C19H27NO4. The molecule has 24 heavy (non-hydrogen) atoms. The highest BCUT2D eigenvalue weighted by Crippen LogP contribution is 2.31. The predicted molar refractivity (Wildman–Crippen MR) is 92.4 cm³/mol. The predicted octanol–water partition coefficient (Wildman–Crippen LogP) is 2.48. The average molecular weight is 333 g/mol. The summed E-state index contributed by atoms with van der Waals surface area (Å²) in [5, 5.41) is 18.7. The topological polar surface area (TPSA) is 92.8 Å². The van der Waals surface area contributed by atoms with Crippen molar-refractivity contribution >= 4 is 5.97 Å². The lowest BCUT2D eigenvalue weighted by atomic mass is 9.97. The van der Waals surface area contributed by atoms with Gasteiger partial charge in [0.1, 0.15) is 0 Å². The Bertz CT molecular complexity index is 531. The van der Waals surface area contributed by atoms with Crippen LogP contribution in [0.2, 0.25) is 0 Å². The third-order valence-electron chi connectivity index (χ3n) is 4.53. The van der Waals surface area contributed by atoms with Crippen LogP contribution in [0.5, 0.6) is 0 Å². The smallest absolute Gasteiger partial charge is 0.303 e. The number of rotatable bonds is 9. The van der Waals surface area contributed by atoms with Crippen molar-refractivity contribution in [2.45, 2.75) is 57.0 Å². The number of benzene rings is 1. The highest BCUT2D eigenvalue weighted by Gasteiger charge is 2.40. The van der Waals surface area contributed by atoms with Gasteiger partial charge in [-0.15, -0.1) is 0 Å². The van der Waals surface area contributed by atoms with E-state index in [0.717, 1.165) is 18.4 Å². The van der Waals surface area contributed by atoms with Gasteiger partial charge in [-0.05, 0) is 24.8 Å². The molecule has 0 saturated heterocycles. The molecule has 0 unspecified atom stereocenters. The number of aliphatic hydroxyl groups excluding tert-OH is 1. The van der Waals surface area contributed by atoms with Crippen LogP contribution in [0.4, 0.5) is 0 Å². The summed E-state index contributed by atoms with van der Waals surface area (Å²) in [5.41, 5.74) is 7.23. The zero-order chi connectivity index (χ0) is 17.4. The van der Waals surface area contributed by atoms with Gasteiger partial charge in [-0.3, -0.25) is 4.79 Å². The molecule has 4 atom stereocenters. The lowest BCUT2D eigenvalue weighted by Crippen LogP contribution is -2.36. The summed E-state index contributed by atoms with van der Waals surface area (Å²) in [6.07, 6.45) is 6.31. The Balaban J connectivity index is 1.81. The Morgan fingerprint density at radius 3 is 2.75 bits per heavy atom. The molecule has 0 heterocycles. The minimum atomic E-state index is -0.765. The summed E-state index contributed by atoms with van der Waals surface area (Å²) in [6.45, 7) is 0.518. The van der Waals surface area contributed by atoms with Gasteiger partial charge in [0.05, 0.1) is 18.8 Å².